The van der Waals surface area contributed by atoms with E-state index in [1.165, 1.54) is 0 Å². The summed E-state index contributed by atoms with van der Waals surface area (Å²) < 4.78 is 5.05. The van der Waals surface area contributed by atoms with Gasteiger partial charge in [-0.15, -0.1) is 0 Å². The Labute approximate surface area is 130 Å². The molecule has 0 radical (unpaired) electrons. The zero-order valence-electron chi connectivity index (χ0n) is 12.4. The third-order valence-electron chi connectivity index (χ3n) is 3.75. The van der Waals surface area contributed by atoms with Gasteiger partial charge in [0.05, 0.1) is 12.5 Å². The first-order valence-corrected chi connectivity index (χ1v) is 7.62. The van der Waals surface area contributed by atoms with Crippen LogP contribution >= 0.6 is 11.6 Å². The fraction of sp³-hybridized carbons (Fsp3) is 0.500. The van der Waals surface area contributed by atoms with Gasteiger partial charge < -0.3 is 9.64 Å². The van der Waals surface area contributed by atoms with Crippen LogP contribution in [0.4, 0.5) is 0 Å². The van der Waals surface area contributed by atoms with Crippen molar-refractivity contribution in [3.8, 4) is 0 Å². The van der Waals surface area contributed by atoms with E-state index in [9.17, 15) is 9.59 Å². The van der Waals surface area contributed by atoms with Gasteiger partial charge in [-0.1, -0.05) is 17.7 Å². The molecule has 1 atom stereocenters. The Balaban J connectivity index is 2.08. The van der Waals surface area contributed by atoms with Gasteiger partial charge in [0, 0.05) is 23.7 Å². The minimum Gasteiger partial charge on any atom is -0.466 e. The molecule has 4 nitrogen and oxygen atoms in total. The SMILES string of the molecule is CCOC(=O)C1CCCN(C(=O)c2ccc(C)c(Cl)c2)C1. The molecule has 0 saturated carbocycles. The molecule has 1 heterocycles. The van der Waals surface area contributed by atoms with Crippen molar-refractivity contribution in [2.75, 3.05) is 19.7 Å². The van der Waals surface area contributed by atoms with E-state index in [2.05, 4.69) is 0 Å². The molecule has 0 aliphatic carbocycles. The lowest BCUT2D eigenvalue weighted by atomic mass is 9.97. The van der Waals surface area contributed by atoms with Gasteiger partial charge in [0.15, 0.2) is 0 Å². The van der Waals surface area contributed by atoms with E-state index < -0.39 is 0 Å². The van der Waals surface area contributed by atoms with Gasteiger partial charge in [-0.3, -0.25) is 9.59 Å². The van der Waals surface area contributed by atoms with Gasteiger partial charge in [-0.25, -0.2) is 0 Å². The number of esters is 1. The van der Waals surface area contributed by atoms with E-state index in [0.29, 0.717) is 30.3 Å². The van der Waals surface area contributed by atoms with Crippen LogP contribution in [0.5, 0.6) is 0 Å². The Morgan fingerprint density at radius 3 is 2.86 bits per heavy atom. The lowest BCUT2D eigenvalue weighted by Gasteiger charge is -2.31. The molecular formula is C16H20ClNO3. The van der Waals surface area contributed by atoms with Crippen molar-refractivity contribution in [2.45, 2.75) is 26.7 Å². The van der Waals surface area contributed by atoms with Crippen LogP contribution in [-0.4, -0.2) is 36.5 Å². The summed E-state index contributed by atoms with van der Waals surface area (Å²) in [7, 11) is 0. The lowest BCUT2D eigenvalue weighted by molar-refractivity contribution is -0.149. The number of carbonyl (C=O) groups excluding carboxylic acids is 2. The second kappa shape index (κ2) is 6.94. The Morgan fingerprint density at radius 2 is 2.19 bits per heavy atom. The van der Waals surface area contributed by atoms with Crippen LogP contribution in [0.15, 0.2) is 18.2 Å². The minimum atomic E-state index is -0.219. The minimum absolute atomic E-state index is 0.0779. The van der Waals surface area contributed by atoms with E-state index in [-0.39, 0.29) is 17.8 Å². The summed E-state index contributed by atoms with van der Waals surface area (Å²) in [5.74, 6) is -0.508. The van der Waals surface area contributed by atoms with Crippen LogP contribution in [0, 0.1) is 12.8 Å². The van der Waals surface area contributed by atoms with Crippen molar-refractivity contribution >= 4 is 23.5 Å². The summed E-state index contributed by atoms with van der Waals surface area (Å²) in [4.78, 5) is 26.0. The number of hydrogen-bond acceptors (Lipinski definition) is 3. The van der Waals surface area contributed by atoms with Gasteiger partial charge in [0.2, 0.25) is 0 Å². The maximum absolute atomic E-state index is 12.5. The van der Waals surface area contributed by atoms with Crippen LogP contribution in [0.3, 0.4) is 0 Å². The largest absolute Gasteiger partial charge is 0.466 e. The second-order valence-electron chi connectivity index (χ2n) is 5.31. The number of nitrogens with zero attached hydrogens (tertiary/aromatic N) is 1. The van der Waals surface area contributed by atoms with E-state index in [1.54, 1.807) is 24.0 Å². The number of aryl methyl sites for hydroxylation is 1. The Hall–Kier alpha value is -1.55. The molecule has 1 amide bonds. The number of benzene rings is 1. The number of piperidine rings is 1. The second-order valence-corrected chi connectivity index (χ2v) is 5.71. The molecule has 1 aliphatic heterocycles. The number of amides is 1. The standard InChI is InChI=1S/C16H20ClNO3/c1-3-21-16(20)13-5-4-8-18(10-13)15(19)12-7-6-11(2)14(17)9-12/h6-7,9,13H,3-5,8,10H2,1-2H3. The third kappa shape index (κ3) is 3.76. The van der Waals surface area contributed by atoms with E-state index >= 15 is 0 Å². The zero-order valence-corrected chi connectivity index (χ0v) is 13.2. The van der Waals surface area contributed by atoms with Crippen LogP contribution in [0.1, 0.15) is 35.7 Å². The quantitative estimate of drug-likeness (QED) is 0.806. The van der Waals surface area contributed by atoms with Gasteiger partial charge in [0.1, 0.15) is 0 Å². The van der Waals surface area contributed by atoms with Gasteiger partial charge in [-0.05, 0) is 44.4 Å². The number of likely N-dealkylation sites (tertiary alicyclic amines) is 1. The molecule has 5 heteroatoms. The topological polar surface area (TPSA) is 46.6 Å². The number of ether oxygens (including phenoxy) is 1. The maximum atomic E-state index is 12.5. The summed E-state index contributed by atoms with van der Waals surface area (Å²) in [5.41, 5.74) is 1.51. The number of carbonyl (C=O) groups is 2. The first-order chi connectivity index (χ1) is 10.0. The Morgan fingerprint density at radius 1 is 1.43 bits per heavy atom. The zero-order chi connectivity index (χ0) is 15.4. The molecular weight excluding hydrogens is 290 g/mol. The summed E-state index contributed by atoms with van der Waals surface area (Å²) in [6.45, 7) is 5.15. The van der Waals surface area contributed by atoms with Crippen molar-refractivity contribution < 1.29 is 14.3 Å². The predicted molar refractivity (Wildman–Crippen MR) is 81.4 cm³/mol. The van der Waals surface area contributed by atoms with E-state index in [1.807, 2.05) is 13.0 Å². The first kappa shape index (κ1) is 15.8. The molecule has 0 aromatic heterocycles. The number of rotatable bonds is 3. The van der Waals surface area contributed by atoms with Crippen LogP contribution in [0.25, 0.3) is 0 Å². The molecule has 1 aliphatic rings. The molecule has 1 aromatic carbocycles. The highest BCUT2D eigenvalue weighted by atomic mass is 35.5. The predicted octanol–water partition coefficient (Wildman–Crippen LogP) is 3.06. The van der Waals surface area contributed by atoms with Crippen LogP contribution in [-0.2, 0) is 9.53 Å². The third-order valence-corrected chi connectivity index (χ3v) is 4.15. The van der Waals surface area contributed by atoms with Crippen LogP contribution < -0.4 is 0 Å². The van der Waals surface area contributed by atoms with Crippen molar-refractivity contribution in [2.24, 2.45) is 5.92 Å². The van der Waals surface area contributed by atoms with Crippen LogP contribution in [0.2, 0.25) is 5.02 Å². The highest BCUT2D eigenvalue weighted by Gasteiger charge is 2.29. The lowest BCUT2D eigenvalue weighted by Crippen LogP contribution is -2.42. The molecule has 1 unspecified atom stereocenters. The van der Waals surface area contributed by atoms with Crippen molar-refractivity contribution in [1.82, 2.24) is 4.90 Å². The van der Waals surface area contributed by atoms with Crippen molar-refractivity contribution in [3.05, 3.63) is 34.3 Å². The number of halogens is 1. The van der Waals surface area contributed by atoms with Gasteiger partial charge in [0.25, 0.3) is 5.91 Å². The average Bonchev–Trinajstić information content (AvgIpc) is 2.49. The smallest absolute Gasteiger partial charge is 0.310 e. The van der Waals surface area contributed by atoms with Crippen molar-refractivity contribution in [3.63, 3.8) is 0 Å². The van der Waals surface area contributed by atoms with E-state index in [4.69, 9.17) is 16.3 Å². The van der Waals surface area contributed by atoms with Crippen molar-refractivity contribution in [1.29, 1.82) is 0 Å². The fourth-order valence-corrected chi connectivity index (χ4v) is 2.70. The molecule has 1 aromatic rings. The summed E-state index contributed by atoms with van der Waals surface area (Å²) in [6, 6.07) is 5.30. The molecule has 114 valence electrons. The molecule has 21 heavy (non-hydrogen) atoms. The monoisotopic (exact) mass is 309 g/mol. The highest BCUT2D eigenvalue weighted by molar-refractivity contribution is 6.31. The first-order valence-electron chi connectivity index (χ1n) is 7.25. The van der Waals surface area contributed by atoms with Gasteiger partial charge in [-0.2, -0.15) is 0 Å². The molecule has 2 rings (SSSR count). The summed E-state index contributed by atoms with van der Waals surface area (Å²) in [6.07, 6.45) is 1.59. The summed E-state index contributed by atoms with van der Waals surface area (Å²) in [5, 5.41) is 0.583. The fourth-order valence-electron chi connectivity index (χ4n) is 2.52. The average molecular weight is 310 g/mol. The molecule has 1 saturated heterocycles. The molecule has 0 bridgehead atoms. The molecule has 1 fully saturated rings. The molecule has 0 spiro atoms. The number of hydrogen-bond donors (Lipinski definition) is 0. The normalized spacial score (nSPS) is 18.4. The van der Waals surface area contributed by atoms with Gasteiger partial charge >= 0.3 is 5.97 Å². The Kier molecular flexibility index (Phi) is 5.23. The maximum Gasteiger partial charge on any atom is 0.310 e. The highest BCUT2D eigenvalue weighted by Crippen LogP contribution is 2.22. The molecule has 0 N–H and O–H groups in total. The Bertz CT molecular complexity index is 544. The van der Waals surface area contributed by atoms with E-state index in [0.717, 1.165) is 18.4 Å². The summed E-state index contributed by atoms with van der Waals surface area (Å²) >= 11 is 6.07.